The van der Waals surface area contributed by atoms with E-state index in [4.69, 9.17) is 23.9 Å². The summed E-state index contributed by atoms with van der Waals surface area (Å²) >= 11 is 0. The molecule has 13 heteroatoms. The van der Waals surface area contributed by atoms with Gasteiger partial charge in [-0.1, -0.05) is 26.3 Å². The molecule has 4 heterocycles. The molecule has 0 amide bonds. The summed E-state index contributed by atoms with van der Waals surface area (Å²) in [6.07, 6.45) is 5.24. The van der Waals surface area contributed by atoms with Crippen molar-refractivity contribution in [3.63, 3.8) is 0 Å². The molecule has 0 bridgehead atoms. The molecule has 9 nitrogen and oxygen atoms in total. The van der Waals surface area contributed by atoms with Gasteiger partial charge < -0.3 is 23.5 Å². The van der Waals surface area contributed by atoms with Gasteiger partial charge >= 0.3 is 6.18 Å². The first-order valence-electron chi connectivity index (χ1n) is 20.2. The Morgan fingerprint density at radius 1 is 0.857 bits per heavy atom. The van der Waals surface area contributed by atoms with Crippen molar-refractivity contribution in [3.05, 3.63) is 89.5 Å². The van der Waals surface area contributed by atoms with Crippen LogP contribution in [0.25, 0.3) is 11.0 Å². The summed E-state index contributed by atoms with van der Waals surface area (Å²) in [4.78, 5) is 14.7. The van der Waals surface area contributed by atoms with Gasteiger partial charge in [-0.3, -0.25) is 14.8 Å². The number of hydrogen-bond donors (Lipinski definition) is 0. The van der Waals surface area contributed by atoms with Gasteiger partial charge in [-0.25, -0.2) is 9.37 Å². The predicted octanol–water partition coefficient (Wildman–Crippen LogP) is 9.01. The molecule has 2 saturated heterocycles. The number of halogens is 4. The molecule has 2 fully saturated rings. The molecule has 7 rings (SSSR count). The van der Waals surface area contributed by atoms with Gasteiger partial charge in [-0.2, -0.15) is 13.2 Å². The maximum absolute atomic E-state index is 14.2. The zero-order valence-electron chi connectivity index (χ0n) is 32.4. The number of rotatable bonds is 17. The van der Waals surface area contributed by atoms with Gasteiger partial charge in [-0.15, -0.1) is 0 Å². The minimum absolute atomic E-state index is 0.0951. The zero-order valence-corrected chi connectivity index (χ0v) is 32.4. The topological polar surface area (TPSA) is 74.1 Å². The number of aromatic nitrogens is 3. The lowest BCUT2D eigenvalue weighted by atomic mass is 9.80. The molecule has 2 aliphatic heterocycles. The molecule has 2 aromatic carbocycles. The smallest absolute Gasteiger partial charge is 0.419 e. The zero-order chi connectivity index (χ0) is 39.1. The van der Waals surface area contributed by atoms with E-state index in [9.17, 15) is 17.6 Å². The number of hydrogen-bond acceptors (Lipinski definition) is 8. The summed E-state index contributed by atoms with van der Waals surface area (Å²) in [6.45, 7) is 12.3. The molecule has 1 aliphatic carbocycles. The second kappa shape index (κ2) is 18.4. The van der Waals surface area contributed by atoms with E-state index in [0.29, 0.717) is 43.8 Å². The molecule has 302 valence electrons. The fourth-order valence-corrected chi connectivity index (χ4v) is 8.13. The quantitative estimate of drug-likeness (QED) is 0.0985. The number of pyridine rings is 1. The molecule has 3 atom stereocenters. The summed E-state index contributed by atoms with van der Waals surface area (Å²) in [5, 5.41) is 0. The van der Waals surface area contributed by atoms with Crippen LogP contribution in [0.2, 0.25) is 0 Å². The SMILES string of the molecule is CCCCn1c(C2C(C)CC(Oc3ccc(F)c(C(F)(F)F)c3)=CC2OCc2ccccn2)nc2c(OCCN3CCCC3)cc(OCCN3CCCC3)cc21. The fourth-order valence-electron chi connectivity index (χ4n) is 8.13. The Morgan fingerprint density at radius 3 is 2.27 bits per heavy atom. The first-order chi connectivity index (χ1) is 27.2. The van der Waals surface area contributed by atoms with E-state index in [2.05, 4.69) is 39.3 Å². The highest BCUT2D eigenvalue weighted by Gasteiger charge is 2.39. The highest BCUT2D eigenvalue weighted by atomic mass is 19.4. The van der Waals surface area contributed by atoms with Crippen LogP contribution in [0.1, 0.15) is 81.8 Å². The van der Waals surface area contributed by atoms with Crippen molar-refractivity contribution in [1.82, 2.24) is 24.3 Å². The first kappa shape index (κ1) is 40.0. The Morgan fingerprint density at radius 2 is 1.59 bits per heavy atom. The van der Waals surface area contributed by atoms with E-state index in [0.717, 1.165) is 86.5 Å². The monoisotopic (exact) mass is 779 g/mol. The van der Waals surface area contributed by atoms with E-state index >= 15 is 0 Å². The number of alkyl halides is 3. The third kappa shape index (κ3) is 9.84. The molecule has 0 spiro atoms. The maximum Gasteiger partial charge on any atom is 0.419 e. The average Bonchev–Trinajstić information content (AvgIpc) is 3.97. The van der Waals surface area contributed by atoms with Crippen LogP contribution in [0.4, 0.5) is 17.6 Å². The van der Waals surface area contributed by atoms with E-state index < -0.39 is 23.7 Å². The van der Waals surface area contributed by atoms with Crippen LogP contribution >= 0.6 is 0 Å². The van der Waals surface area contributed by atoms with Crippen LogP contribution < -0.4 is 14.2 Å². The number of fused-ring (bicyclic) bond motifs is 1. The van der Waals surface area contributed by atoms with Crippen molar-refractivity contribution in [3.8, 4) is 17.2 Å². The molecule has 0 N–H and O–H groups in total. The standard InChI is InChI=1S/C43H53F4N5O4/c1-3-4-19-52-37-26-33(53-22-20-50-15-7-8-16-50)27-39(54-23-21-51-17-9-10-18-51)41(37)49-42(52)40-30(2)24-34(28-38(40)55-29-31-11-5-6-14-48-31)56-32-12-13-36(44)35(25-32)43(45,46)47/h5-6,11-14,25-28,30,38,40H,3-4,7-10,15-24,29H2,1-2H3. The van der Waals surface area contributed by atoms with E-state index in [1.54, 1.807) is 6.20 Å². The molecular formula is C43H53F4N5O4. The first-order valence-corrected chi connectivity index (χ1v) is 20.2. The Labute approximate surface area is 326 Å². The van der Waals surface area contributed by atoms with Gasteiger partial charge in [-0.05, 0) is 101 Å². The van der Waals surface area contributed by atoms with Crippen LogP contribution in [0.5, 0.6) is 17.2 Å². The Bertz CT molecular complexity index is 1920. The number of aryl methyl sites for hydroxylation is 1. The highest BCUT2D eigenvalue weighted by molar-refractivity contribution is 5.84. The highest BCUT2D eigenvalue weighted by Crippen LogP contribution is 2.43. The number of allylic oxidation sites excluding steroid dienone is 1. The largest absolute Gasteiger partial charge is 0.492 e. The summed E-state index contributed by atoms with van der Waals surface area (Å²) < 4.78 is 82.9. The maximum atomic E-state index is 14.2. The van der Waals surface area contributed by atoms with E-state index in [-0.39, 0.29) is 24.2 Å². The molecule has 0 radical (unpaired) electrons. The van der Waals surface area contributed by atoms with Crippen molar-refractivity contribution in [2.24, 2.45) is 5.92 Å². The van der Waals surface area contributed by atoms with E-state index in [1.165, 1.54) is 31.7 Å². The lowest BCUT2D eigenvalue weighted by molar-refractivity contribution is -0.140. The van der Waals surface area contributed by atoms with Crippen molar-refractivity contribution in [2.45, 2.75) is 90.1 Å². The third-order valence-corrected chi connectivity index (χ3v) is 11.1. The van der Waals surface area contributed by atoms with Crippen molar-refractivity contribution in [1.29, 1.82) is 0 Å². The van der Waals surface area contributed by atoms with Crippen LogP contribution in [0, 0.1) is 11.7 Å². The fraction of sp³-hybridized carbons (Fsp3) is 0.535. The van der Waals surface area contributed by atoms with Gasteiger partial charge in [0.1, 0.15) is 47.6 Å². The van der Waals surface area contributed by atoms with Crippen LogP contribution in [0.15, 0.2) is 66.6 Å². The molecule has 0 saturated carbocycles. The Kier molecular flexibility index (Phi) is 13.1. The van der Waals surface area contributed by atoms with Gasteiger partial charge in [0, 0.05) is 44.4 Å². The van der Waals surface area contributed by atoms with Gasteiger partial charge in [0.25, 0.3) is 0 Å². The number of benzene rings is 2. The number of imidazole rings is 1. The van der Waals surface area contributed by atoms with E-state index in [1.807, 2.05) is 30.3 Å². The Balaban J connectivity index is 1.25. The molecule has 3 aliphatic rings. The van der Waals surface area contributed by atoms with Crippen LogP contribution in [-0.2, 0) is 24.1 Å². The van der Waals surface area contributed by atoms with Gasteiger partial charge in [0.15, 0.2) is 5.75 Å². The van der Waals surface area contributed by atoms with Crippen molar-refractivity contribution < 1.29 is 36.5 Å². The average molecular weight is 780 g/mol. The lowest BCUT2D eigenvalue weighted by Crippen LogP contribution is -2.33. The molecule has 3 unspecified atom stereocenters. The summed E-state index contributed by atoms with van der Waals surface area (Å²) in [5.41, 5.74) is 1.05. The second-order valence-electron chi connectivity index (χ2n) is 15.2. The minimum atomic E-state index is -4.86. The van der Waals surface area contributed by atoms with Crippen LogP contribution in [0.3, 0.4) is 0 Å². The number of nitrogens with zero attached hydrogens (tertiary/aromatic N) is 5. The predicted molar refractivity (Wildman–Crippen MR) is 206 cm³/mol. The molecular weight excluding hydrogens is 726 g/mol. The van der Waals surface area contributed by atoms with Crippen LogP contribution in [-0.4, -0.2) is 82.9 Å². The summed E-state index contributed by atoms with van der Waals surface area (Å²) in [6, 6.07) is 12.4. The Hall–Kier alpha value is -4.20. The second-order valence-corrected chi connectivity index (χ2v) is 15.2. The van der Waals surface area contributed by atoms with Gasteiger partial charge in [0.2, 0.25) is 0 Å². The molecule has 56 heavy (non-hydrogen) atoms. The molecule has 2 aromatic heterocycles. The summed E-state index contributed by atoms with van der Waals surface area (Å²) in [7, 11) is 0. The number of unbranched alkanes of at least 4 members (excludes halogenated alkanes) is 1. The third-order valence-electron chi connectivity index (χ3n) is 11.1. The number of likely N-dealkylation sites (tertiary alicyclic amines) is 2. The minimum Gasteiger partial charge on any atom is -0.492 e. The van der Waals surface area contributed by atoms with Gasteiger partial charge in [0.05, 0.1) is 35.4 Å². The molecule has 4 aromatic rings. The number of ether oxygens (including phenoxy) is 4. The normalized spacial score (nSPS) is 20.8. The lowest BCUT2D eigenvalue weighted by Gasteiger charge is -2.35. The van der Waals surface area contributed by atoms with Crippen molar-refractivity contribution in [2.75, 3.05) is 52.5 Å². The van der Waals surface area contributed by atoms with Crippen molar-refractivity contribution >= 4 is 11.0 Å². The summed E-state index contributed by atoms with van der Waals surface area (Å²) in [5.74, 6) is 0.882.